The van der Waals surface area contributed by atoms with Gasteiger partial charge in [0.15, 0.2) is 0 Å². The zero-order chi connectivity index (χ0) is 19.4. The Bertz CT molecular complexity index is 938. The first-order valence-corrected chi connectivity index (χ1v) is 9.97. The number of carbonyl (C=O) groups excluding carboxylic acids is 2. The lowest BCUT2D eigenvalue weighted by Gasteiger charge is -2.14. The number of nitrogens with one attached hydrogen (secondary N) is 1. The molecule has 2 heterocycles. The number of rotatable bonds is 6. The van der Waals surface area contributed by atoms with Crippen molar-refractivity contribution in [3.63, 3.8) is 0 Å². The van der Waals surface area contributed by atoms with Crippen LogP contribution in [0.5, 0.6) is 0 Å². The minimum absolute atomic E-state index is 0.00662. The first-order chi connectivity index (χ1) is 13.0. The first-order valence-electron chi connectivity index (χ1n) is 7.87. The number of para-hydroxylation sites is 1. The van der Waals surface area contributed by atoms with E-state index in [-0.39, 0.29) is 36.0 Å². The van der Waals surface area contributed by atoms with Crippen LogP contribution in [0.25, 0.3) is 6.08 Å². The molecule has 0 bridgehead atoms. The Kier molecular flexibility index (Phi) is 6.04. The number of hydrogen-bond donors (Lipinski definition) is 2. The average molecular weight is 419 g/mol. The molecule has 2 N–H and O–H groups in total. The van der Waals surface area contributed by atoms with E-state index >= 15 is 0 Å². The molecule has 1 aromatic heterocycles. The van der Waals surface area contributed by atoms with Crippen molar-refractivity contribution < 1.29 is 19.5 Å². The van der Waals surface area contributed by atoms with Crippen LogP contribution in [-0.4, -0.2) is 38.7 Å². The summed E-state index contributed by atoms with van der Waals surface area (Å²) in [6.07, 6.45) is 1.79. The summed E-state index contributed by atoms with van der Waals surface area (Å²) in [7, 11) is 0. The molecule has 0 spiro atoms. The highest BCUT2D eigenvalue weighted by Crippen LogP contribution is 2.33. The van der Waals surface area contributed by atoms with Gasteiger partial charge < -0.3 is 10.4 Å². The molecule has 1 fully saturated rings. The maximum absolute atomic E-state index is 12.5. The molecule has 1 aliphatic rings. The lowest BCUT2D eigenvalue weighted by Crippen LogP contribution is -2.31. The second kappa shape index (κ2) is 8.47. The van der Waals surface area contributed by atoms with E-state index < -0.39 is 5.97 Å². The molecule has 6 nitrogen and oxygen atoms in total. The molecule has 0 aliphatic carbocycles. The Morgan fingerprint density at radius 2 is 2.00 bits per heavy atom. The lowest BCUT2D eigenvalue weighted by atomic mass is 10.2. The Labute approximate surface area is 168 Å². The summed E-state index contributed by atoms with van der Waals surface area (Å²) >= 11 is 7.98. The molecule has 0 atom stereocenters. The summed E-state index contributed by atoms with van der Waals surface area (Å²) in [6, 6.07) is 9.96. The van der Waals surface area contributed by atoms with Crippen LogP contribution in [0.1, 0.15) is 21.7 Å². The van der Waals surface area contributed by atoms with Gasteiger partial charge in [0.2, 0.25) is 5.91 Å². The second-order valence-electron chi connectivity index (χ2n) is 5.50. The number of aromatic carboxylic acids is 1. The second-order valence-corrected chi connectivity index (χ2v) is 8.15. The summed E-state index contributed by atoms with van der Waals surface area (Å²) in [6.45, 7) is 0.132. The number of thiocarbonyl (C=S) groups is 1. The van der Waals surface area contributed by atoms with Gasteiger partial charge in [0.05, 0.1) is 16.2 Å². The number of nitrogens with zero attached hydrogens (tertiary/aromatic N) is 1. The highest BCUT2D eigenvalue weighted by molar-refractivity contribution is 8.26. The quantitative estimate of drug-likeness (QED) is 0.550. The van der Waals surface area contributed by atoms with E-state index in [1.807, 2.05) is 17.5 Å². The monoisotopic (exact) mass is 418 g/mol. The van der Waals surface area contributed by atoms with Crippen molar-refractivity contribution in [3.05, 3.63) is 57.1 Å². The number of benzene rings is 1. The van der Waals surface area contributed by atoms with E-state index in [0.29, 0.717) is 9.23 Å². The van der Waals surface area contributed by atoms with Crippen LogP contribution in [0.4, 0.5) is 5.69 Å². The maximum Gasteiger partial charge on any atom is 0.337 e. The van der Waals surface area contributed by atoms with Crippen molar-refractivity contribution in [1.82, 2.24) is 4.90 Å². The predicted molar refractivity (Wildman–Crippen MR) is 111 cm³/mol. The van der Waals surface area contributed by atoms with Crippen molar-refractivity contribution in [2.75, 3.05) is 11.9 Å². The fraction of sp³-hybridized carbons (Fsp3) is 0.111. The number of hydrogen-bond acceptors (Lipinski definition) is 6. The Hall–Kier alpha value is -2.49. The standard InChI is InChI=1S/C18H14N2O4S3/c21-15(19-13-6-2-1-5-12(13)17(23)24)7-8-20-16(22)14(27-18(20)25)10-11-4-3-9-26-11/h1-6,9-10H,7-8H2,(H,19,21)(H,23,24)/b14-10+. The maximum atomic E-state index is 12.5. The molecule has 2 amide bonds. The molecule has 0 unspecified atom stereocenters. The van der Waals surface area contributed by atoms with Crippen LogP contribution in [0.15, 0.2) is 46.7 Å². The van der Waals surface area contributed by atoms with Gasteiger partial charge in [-0.2, -0.15) is 0 Å². The largest absolute Gasteiger partial charge is 0.478 e. The van der Waals surface area contributed by atoms with Gasteiger partial charge >= 0.3 is 5.97 Å². The number of anilines is 1. The number of thioether (sulfide) groups is 1. The van der Waals surface area contributed by atoms with Crippen LogP contribution < -0.4 is 5.32 Å². The zero-order valence-corrected chi connectivity index (χ0v) is 16.3. The van der Waals surface area contributed by atoms with Crippen LogP contribution in [-0.2, 0) is 9.59 Å². The van der Waals surface area contributed by atoms with Gasteiger partial charge in [-0.1, -0.05) is 42.2 Å². The predicted octanol–water partition coefficient (Wildman–Crippen LogP) is 3.68. The first kappa shape index (κ1) is 19.3. The summed E-state index contributed by atoms with van der Waals surface area (Å²) in [5.74, 6) is -1.74. The van der Waals surface area contributed by atoms with Crippen LogP contribution >= 0.6 is 35.3 Å². The molecule has 1 aliphatic heterocycles. The van der Waals surface area contributed by atoms with Crippen molar-refractivity contribution in [2.45, 2.75) is 6.42 Å². The van der Waals surface area contributed by atoms with E-state index in [1.165, 1.54) is 40.1 Å². The van der Waals surface area contributed by atoms with Gasteiger partial charge in [-0.3, -0.25) is 14.5 Å². The molecule has 2 aromatic rings. The number of carboxylic acid groups (broad SMARTS) is 1. The molecule has 0 radical (unpaired) electrons. The highest BCUT2D eigenvalue weighted by Gasteiger charge is 2.32. The zero-order valence-electron chi connectivity index (χ0n) is 13.9. The molecule has 27 heavy (non-hydrogen) atoms. The Morgan fingerprint density at radius 3 is 2.70 bits per heavy atom. The number of carboxylic acids is 1. The molecule has 138 valence electrons. The SMILES string of the molecule is O=C(CCN1C(=O)/C(=C\c2cccs2)SC1=S)Nc1ccccc1C(=O)O. The third-order valence-corrected chi connectivity index (χ3v) is 5.88. The van der Waals surface area contributed by atoms with Crippen LogP contribution in [0.2, 0.25) is 0 Å². The van der Waals surface area contributed by atoms with E-state index in [2.05, 4.69) is 5.32 Å². The van der Waals surface area contributed by atoms with E-state index in [1.54, 1.807) is 18.2 Å². The summed E-state index contributed by atoms with van der Waals surface area (Å²) in [4.78, 5) is 38.8. The highest BCUT2D eigenvalue weighted by atomic mass is 32.2. The summed E-state index contributed by atoms with van der Waals surface area (Å²) in [5, 5.41) is 13.7. The van der Waals surface area contributed by atoms with Gasteiger partial charge in [-0.25, -0.2) is 4.79 Å². The molecule has 0 saturated carbocycles. The van der Waals surface area contributed by atoms with E-state index in [9.17, 15) is 14.4 Å². The van der Waals surface area contributed by atoms with Gasteiger partial charge in [0.25, 0.3) is 5.91 Å². The van der Waals surface area contributed by atoms with E-state index in [0.717, 1.165) is 4.88 Å². The van der Waals surface area contributed by atoms with Crippen molar-refractivity contribution in [1.29, 1.82) is 0 Å². The van der Waals surface area contributed by atoms with Crippen molar-refractivity contribution in [3.8, 4) is 0 Å². The molecular weight excluding hydrogens is 404 g/mol. The van der Waals surface area contributed by atoms with Gasteiger partial charge in [-0.15, -0.1) is 11.3 Å². The van der Waals surface area contributed by atoms with E-state index in [4.69, 9.17) is 17.3 Å². The molecular formula is C18H14N2O4S3. The number of amides is 2. The fourth-order valence-corrected chi connectivity index (χ4v) is 4.43. The van der Waals surface area contributed by atoms with Gasteiger partial charge in [0.1, 0.15) is 4.32 Å². The lowest BCUT2D eigenvalue weighted by molar-refractivity contribution is -0.122. The van der Waals surface area contributed by atoms with Crippen molar-refractivity contribution in [2.24, 2.45) is 0 Å². The molecule has 1 aromatic carbocycles. The van der Waals surface area contributed by atoms with Gasteiger partial charge in [-0.05, 0) is 29.7 Å². The smallest absolute Gasteiger partial charge is 0.337 e. The van der Waals surface area contributed by atoms with Crippen LogP contribution in [0.3, 0.4) is 0 Å². The number of thiophene rings is 1. The summed E-state index contributed by atoms with van der Waals surface area (Å²) in [5.41, 5.74) is 0.230. The summed E-state index contributed by atoms with van der Waals surface area (Å²) < 4.78 is 0.404. The minimum atomic E-state index is -1.12. The fourth-order valence-electron chi connectivity index (χ4n) is 2.40. The normalized spacial score (nSPS) is 15.4. The molecule has 9 heteroatoms. The Balaban J connectivity index is 1.61. The number of carbonyl (C=O) groups is 3. The molecule has 1 saturated heterocycles. The van der Waals surface area contributed by atoms with Gasteiger partial charge in [0, 0.05) is 17.8 Å². The van der Waals surface area contributed by atoms with Crippen molar-refractivity contribution >= 4 is 69.2 Å². The topological polar surface area (TPSA) is 86.7 Å². The Morgan fingerprint density at radius 1 is 1.22 bits per heavy atom. The minimum Gasteiger partial charge on any atom is -0.478 e. The van der Waals surface area contributed by atoms with Crippen LogP contribution in [0, 0.1) is 0 Å². The third-order valence-electron chi connectivity index (χ3n) is 3.68. The molecule has 3 rings (SSSR count). The third kappa shape index (κ3) is 4.62. The average Bonchev–Trinajstić information content (AvgIpc) is 3.23.